The summed E-state index contributed by atoms with van der Waals surface area (Å²) in [6.07, 6.45) is 3.55. The molecule has 0 aromatic heterocycles. The molecule has 1 aliphatic rings. The molecule has 2 atom stereocenters. The molecule has 0 heterocycles. The summed E-state index contributed by atoms with van der Waals surface area (Å²) in [6, 6.07) is 0. The van der Waals surface area contributed by atoms with Crippen LogP contribution in [0.25, 0.3) is 0 Å². The third kappa shape index (κ3) is 2.18. The van der Waals surface area contributed by atoms with Crippen molar-refractivity contribution in [2.24, 2.45) is 0 Å². The highest BCUT2D eigenvalue weighted by Gasteiger charge is 2.34. The highest BCUT2D eigenvalue weighted by molar-refractivity contribution is 6.48. The Hall–Kier alpha value is 0.427. The lowest BCUT2D eigenvalue weighted by Gasteiger charge is -2.20. The van der Waals surface area contributed by atoms with E-state index in [1.165, 1.54) is 12.8 Å². The molecule has 1 fully saturated rings. The minimum Gasteiger partial charge on any atom is -0.400 e. The lowest BCUT2D eigenvalue weighted by molar-refractivity contribution is 0.265. The van der Waals surface area contributed by atoms with E-state index in [0.717, 1.165) is 6.42 Å². The fourth-order valence-electron chi connectivity index (χ4n) is 1.70. The molecule has 2 nitrogen and oxygen atoms in total. The molecule has 2 unspecified atom stereocenters. The molecule has 0 spiro atoms. The summed E-state index contributed by atoms with van der Waals surface area (Å²) in [5.41, 5.74) is 0.520. The van der Waals surface area contributed by atoms with Gasteiger partial charge in [0.15, 0.2) is 0 Å². The molecule has 0 aromatic carbocycles. The predicted octanol–water partition coefficient (Wildman–Crippen LogP) is 1.66. The van der Waals surface area contributed by atoms with Crippen molar-refractivity contribution in [3.05, 3.63) is 0 Å². The zero-order valence-electron chi connectivity index (χ0n) is 7.05. The van der Waals surface area contributed by atoms with Crippen molar-refractivity contribution in [3.63, 3.8) is 0 Å². The molecule has 0 N–H and O–H groups in total. The van der Waals surface area contributed by atoms with Crippen LogP contribution in [0.4, 0.5) is 0 Å². The SMILES string of the molecule is CO[SiH](OC)C1CCCC1Cl. The maximum absolute atomic E-state index is 6.11. The van der Waals surface area contributed by atoms with E-state index in [1.54, 1.807) is 14.2 Å². The van der Waals surface area contributed by atoms with Crippen molar-refractivity contribution >= 4 is 20.9 Å². The third-order valence-corrected chi connectivity index (χ3v) is 5.51. The van der Waals surface area contributed by atoms with E-state index in [2.05, 4.69) is 0 Å². The molecule has 0 bridgehead atoms. The van der Waals surface area contributed by atoms with Crippen LogP contribution in [-0.4, -0.2) is 28.9 Å². The Morgan fingerprint density at radius 1 is 1.27 bits per heavy atom. The fourth-order valence-corrected chi connectivity index (χ4v) is 4.27. The Morgan fingerprint density at radius 2 is 1.91 bits per heavy atom. The van der Waals surface area contributed by atoms with Gasteiger partial charge in [-0.25, -0.2) is 0 Å². The smallest absolute Gasteiger partial charge is 0.325 e. The number of hydrogen-bond donors (Lipinski definition) is 0. The van der Waals surface area contributed by atoms with Gasteiger partial charge in [-0.15, -0.1) is 11.6 Å². The van der Waals surface area contributed by atoms with Crippen molar-refractivity contribution in [2.45, 2.75) is 30.2 Å². The fraction of sp³-hybridized carbons (Fsp3) is 1.00. The van der Waals surface area contributed by atoms with Gasteiger partial charge in [-0.2, -0.15) is 0 Å². The van der Waals surface area contributed by atoms with Crippen LogP contribution in [0.1, 0.15) is 19.3 Å². The summed E-state index contributed by atoms with van der Waals surface area (Å²) < 4.78 is 10.6. The van der Waals surface area contributed by atoms with Gasteiger partial charge in [0.05, 0.1) is 0 Å². The monoisotopic (exact) mass is 194 g/mol. The summed E-state index contributed by atoms with van der Waals surface area (Å²) in [7, 11) is 2.01. The van der Waals surface area contributed by atoms with E-state index in [-0.39, 0.29) is 0 Å². The highest BCUT2D eigenvalue weighted by atomic mass is 35.5. The predicted molar refractivity (Wildman–Crippen MR) is 48.4 cm³/mol. The van der Waals surface area contributed by atoms with Gasteiger partial charge < -0.3 is 8.85 Å². The van der Waals surface area contributed by atoms with Crippen molar-refractivity contribution in [3.8, 4) is 0 Å². The summed E-state index contributed by atoms with van der Waals surface area (Å²) in [5.74, 6) is 0. The molecule has 0 amide bonds. The molecule has 4 heteroatoms. The summed E-state index contributed by atoms with van der Waals surface area (Å²) >= 11 is 6.11. The maximum Gasteiger partial charge on any atom is 0.325 e. The molecule has 0 saturated heterocycles. The van der Waals surface area contributed by atoms with Gasteiger partial charge >= 0.3 is 9.28 Å². The first-order chi connectivity index (χ1) is 5.29. The van der Waals surface area contributed by atoms with Crippen LogP contribution >= 0.6 is 11.6 Å². The largest absolute Gasteiger partial charge is 0.400 e. The van der Waals surface area contributed by atoms with Crippen LogP contribution in [0.15, 0.2) is 0 Å². The molecule has 0 aromatic rings. The Morgan fingerprint density at radius 3 is 2.27 bits per heavy atom. The van der Waals surface area contributed by atoms with Crippen LogP contribution in [0.2, 0.25) is 5.54 Å². The molecule has 11 heavy (non-hydrogen) atoms. The second kappa shape index (κ2) is 4.45. The van der Waals surface area contributed by atoms with Crippen molar-refractivity contribution < 1.29 is 8.85 Å². The number of rotatable bonds is 3. The molecular weight excluding hydrogens is 180 g/mol. The van der Waals surface area contributed by atoms with Gasteiger partial charge in [-0.1, -0.05) is 6.42 Å². The average molecular weight is 195 g/mol. The molecule has 1 rings (SSSR count). The van der Waals surface area contributed by atoms with E-state index in [0.29, 0.717) is 10.9 Å². The van der Waals surface area contributed by atoms with Crippen molar-refractivity contribution in [1.29, 1.82) is 0 Å². The van der Waals surface area contributed by atoms with E-state index < -0.39 is 9.28 Å². The third-order valence-electron chi connectivity index (χ3n) is 2.30. The quantitative estimate of drug-likeness (QED) is 0.503. The van der Waals surface area contributed by atoms with Crippen LogP contribution in [-0.2, 0) is 8.85 Å². The Kier molecular flexibility index (Phi) is 3.85. The topological polar surface area (TPSA) is 18.5 Å². The van der Waals surface area contributed by atoms with Crippen LogP contribution in [0, 0.1) is 0 Å². The molecule has 0 radical (unpaired) electrons. The van der Waals surface area contributed by atoms with Crippen LogP contribution < -0.4 is 0 Å². The zero-order chi connectivity index (χ0) is 8.27. The highest BCUT2D eigenvalue weighted by Crippen LogP contribution is 2.37. The van der Waals surface area contributed by atoms with Gasteiger partial charge in [0, 0.05) is 25.1 Å². The normalized spacial score (nSPS) is 31.6. The zero-order valence-corrected chi connectivity index (χ0v) is 8.96. The standard InChI is InChI=1S/C7H15ClO2Si/c1-9-11(10-2)7-5-3-4-6(7)8/h6-7,11H,3-5H2,1-2H3. The maximum atomic E-state index is 6.11. The van der Waals surface area contributed by atoms with Gasteiger partial charge in [0.1, 0.15) is 0 Å². The number of halogens is 1. The minimum atomic E-state index is -1.43. The van der Waals surface area contributed by atoms with Crippen molar-refractivity contribution in [2.75, 3.05) is 14.2 Å². The first-order valence-corrected chi connectivity index (χ1v) is 6.04. The molecular formula is C7H15ClO2Si. The Balaban J connectivity index is 2.43. The number of alkyl halides is 1. The van der Waals surface area contributed by atoms with Crippen LogP contribution in [0.3, 0.4) is 0 Å². The van der Waals surface area contributed by atoms with E-state index in [4.69, 9.17) is 20.5 Å². The van der Waals surface area contributed by atoms with Gasteiger partial charge in [0.2, 0.25) is 0 Å². The second-order valence-electron chi connectivity index (χ2n) is 2.95. The van der Waals surface area contributed by atoms with E-state index >= 15 is 0 Å². The Bertz CT molecular complexity index is 119. The molecule has 1 aliphatic carbocycles. The average Bonchev–Trinajstić information content (AvgIpc) is 2.40. The summed E-state index contributed by atoms with van der Waals surface area (Å²) in [6.45, 7) is 0. The van der Waals surface area contributed by atoms with Crippen LogP contribution in [0.5, 0.6) is 0 Å². The van der Waals surface area contributed by atoms with Gasteiger partial charge in [-0.05, 0) is 12.8 Å². The molecule has 0 aliphatic heterocycles. The first-order valence-electron chi connectivity index (χ1n) is 3.99. The van der Waals surface area contributed by atoms with Gasteiger partial charge in [-0.3, -0.25) is 0 Å². The lowest BCUT2D eigenvalue weighted by Crippen LogP contribution is -2.28. The first kappa shape index (κ1) is 9.51. The minimum absolute atomic E-state index is 0.298. The summed E-state index contributed by atoms with van der Waals surface area (Å²) in [5, 5.41) is 0.298. The molecule has 66 valence electrons. The Labute approximate surface area is 74.7 Å². The summed E-state index contributed by atoms with van der Waals surface area (Å²) in [4.78, 5) is 0. The number of hydrogen-bond acceptors (Lipinski definition) is 2. The second-order valence-corrected chi connectivity index (χ2v) is 6.05. The van der Waals surface area contributed by atoms with E-state index in [1.807, 2.05) is 0 Å². The van der Waals surface area contributed by atoms with Gasteiger partial charge in [0.25, 0.3) is 0 Å². The van der Waals surface area contributed by atoms with Crippen molar-refractivity contribution in [1.82, 2.24) is 0 Å². The lowest BCUT2D eigenvalue weighted by atomic mass is 10.4. The van der Waals surface area contributed by atoms with E-state index in [9.17, 15) is 0 Å². The molecule has 1 saturated carbocycles.